The molecule has 2 fully saturated rings. The van der Waals surface area contributed by atoms with Crippen molar-refractivity contribution < 1.29 is 19.0 Å². The number of nitrogens with one attached hydrogen (secondary N) is 2. The van der Waals surface area contributed by atoms with Crippen LogP contribution in [0.3, 0.4) is 0 Å². The van der Waals surface area contributed by atoms with Crippen molar-refractivity contribution in [3.63, 3.8) is 0 Å². The van der Waals surface area contributed by atoms with E-state index < -0.39 is 0 Å². The van der Waals surface area contributed by atoms with Gasteiger partial charge in [0.2, 0.25) is 18.6 Å². The number of hydrogen-bond donors (Lipinski definition) is 2. The van der Waals surface area contributed by atoms with Gasteiger partial charge in [-0.25, -0.2) is 4.98 Å². The molecule has 2 saturated heterocycles. The predicted octanol–water partition coefficient (Wildman–Crippen LogP) is 1.87. The number of carbonyl (C=O) groups excluding carboxylic acids is 1. The van der Waals surface area contributed by atoms with Gasteiger partial charge in [0.05, 0.1) is 17.1 Å². The van der Waals surface area contributed by atoms with Crippen LogP contribution in [-0.2, 0) is 9.53 Å². The molecule has 1 aromatic heterocycles. The molecule has 1 unspecified atom stereocenters. The maximum absolute atomic E-state index is 12.9. The highest BCUT2D eigenvalue weighted by molar-refractivity contribution is 5.95. The van der Waals surface area contributed by atoms with E-state index in [0.717, 1.165) is 56.5 Å². The molecule has 2 N–H and O–H groups in total. The van der Waals surface area contributed by atoms with E-state index in [4.69, 9.17) is 14.2 Å². The van der Waals surface area contributed by atoms with Crippen LogP contribution in [0.25, 0.3) is 11.0 Å². The van der Waals surface area contributed by atoms with Crippen LogP contribution in [0.2, 0.25) is 0 Å². The third-order valence-electron chi connectivity index (χ3n) is 5.47. The Hall–Kier alpha value is -2.32. The Bertz CT molecular complexity index is 789. The Balaban J connectivity index is 1.32. The van der Waals surface area contributed by atoms with Crippen molar-refractivity contribution in [3.05, 3.63) is 12.1 Å². The average Bonchev–Trinajstić information content (AvgIpc) is 3.38. The molecule has 3 aliphatic rings. The van der Waals surface area contributed by atoms with Gasteiger partial charge in [0.25, 0.3) is 0 Å². The number of fused-ring (bicyclic) bond motifs is 2. The molecule has 4 heterocycles. The number of aromatic nitrogens is 2. The first-order valence-electron chi connectivity index (χ1n) is 9.22. The second kappa shape index (κ2) is 6.44. The molecule has 8 nitrogen and oxygen atoms in total. The molecule has 0 aliphatic carbocycles. The van der Waals surface area contributed by atoms with Gasteiger partial charge in [0.1, 0.15) is 0 Å². The summed E-state index contributed by atoms with van der Waals surface area (Å²) in [5.74, 6) is 1.85. The minimum absolute atomic E-state index is 0.00749. The highest BCUT2D eigenvalue weighted by atomic mass is 16.7. The molecule has 0 radical (unpaired) electrons. The predicted molar refractivity (Wildman–Crippen MR) is 94.4 cm³/mol. The van der Waals surface area contributed by atoms with E-state index in [1.54, 1.807) is 0 Å². The van der Waals surface area contributed by atoms with Gasteiger partial charge in [-0.1, -0.05) is 0 Å². The van der Waals surface area contributed by atoms with Crippen LogP contribution in [0, 0.1) is 0 Å². The van der Waals surface area contributed by atoms with Crippen molar-refractivity contribution in [2.75, 3.05) is 31.9 Å². The Labute approximate surface area is 150 Å². The number of H-pyrrole nitrogens is 1. The number of hydrogen-bond acceptors (Lipinski definition) is 6. The summed E-state index contributed by atoms with van der Waals surface area (Å²) in [7, 11) is 0. The fourth-order valence-electron chi connectivity index (χ4n) is 4.18. The number of ether oxygens (including phenoxy) is 3. The van der Waals surface area contributed by atoms with Crippen molar-refractivity contribution in [3.8, 4) is 11.5 Å². The number of imidazole rings is 1. The van der Waals surface area contributed by atoms with Gasteiger partial charge in [-0.05, 0) is 32.2 Å². The molecule has 138 valence electrons. The van der Waals surface area contributed by atoms with E-state index in [0.29, 0.717) is 23.5 Å². The van der Waals surface area contributed by atoms with Gasteiger partial charge >= 0.3 is 0 Å². The molecule has 1 aromatic carbocycles. The van der Waals surface area contributed by atoms with E-state index in [1.807, 2.05) is 12.1 Å². The summed E-state index contributed by atoms with van der Waals surface area (Å²) in [6.07, 6.45) is 3.94. The summed E-state index contributed by atoms with van der Waals surface area (Å²) in [4.78, 5) is 22.8. The maximum Gasteiger partial charge on any atom is 0.244 e. The van der Waals surface area contributed by atoms with Gasteiger partial charge in [-0.15, -0.1) is 0 Å². The Morgan fingerprint density at radius 1 is 1.19 bits per heavy atom. The lowest BCUT2D eigenvalue weighted by Gasteiger charge is -2.34. The van der Waals surface area contributed by atoms with Gasteiger partial charge in [0.15, 0.2) is 11.5 Å². The summed E-state index contributed by atoms with van der Waals surface area (Å²) >= 11 is 0. The zero-order chi connectivity index (χ0) is 17.5. The number of aromatic amines is 1. The topological polar surface area (TPSA) is 88.7 Å². The van der Waals surface area contributed by atoms with Gasteiger partial charge < -0.3 is 19.2 Å². The first-order valence-corrected chi connectivity index (χ1v) is 9.22. The molecular weight excluding hydrogens is 336 g/mol. The largest absolute Gasteiger partial charge is 0.454 e. The van der Waals surface area contributed by atoms with Crippen molar-refractivity contribution in [2.45, 2.75) is 37.8 Å². The molecule has 1 amide bonds. The van der Waals surface area contributed by atoms with Crippen LogP contribution < -0.4 is 14.8 Å². The fraction of sp³-hybridized carbons (Fsp3) is 0.556. The Morgan fingerprint density at radius 2 is 2.00 bits per heavy atom. The zero-order valence-corrected chi connectivity index (χ0v) is 14.5. The Morgan fingerprint density at radius 3 is 2.85 bits per heavy atom. The third-order valence-corrected chi connectivity index (χ3v) is 5.47. The van der Waals surface area contributed by atoms with Gasteiger partial charge in [-0.3, -0.25) is 15.0 Å². The summed E-state index contributed by atoms with van der Waals surface area (Å²) in [6, 6.07) is 4.02. The molecule has 1 atom stereocenters. The quantitative estimate of drug-likeness (QED) is 0.871. The molecule has 0 saturated carbocycles. The molecule has 3 aliphatic heterocycles. The zero-order valence-electron chi connectivity index (χ0n) is 14.5. The smallest absolute Gasteiger partial charge is 0.244 e. The lowest BCUT2D eigenvalue weighted by Crippen LogP contribution is -2.47. The number of anilines is 1. The van der Waals surface area contributed by atoms with Crippen LogP contribution in [0.5, 0.6) is 11.5 Å². The van der Waals surface area contributed by atoms with E-state index in [2.05, 4.69) is 20.2 Å². The van der Waals surface area contributed by atoms with Gasteiger partial charge in [0, 0.05) is 31.4 Å². The van der Waals surface area contributed by atoms with Crippen LogP contribution in [0.15, 0.2) is 12.1 Å². The maximum atomic E-state index is 12.9. The SMILES string of the molecule is O=C(Nc1nc2cc3c(cc2[nH]1)OCO3)C1CCCN1C1CCOCC1. The summed E-state index contributed by atoms with van der Waals surface area (Å²) < 4.78 is 16.2. The first-order chi connectivity index (χ1) is 12.8. The number of carbonyl (C=O) groups is 1. The minimum Gasteiger partial charge on any atom is -0.454 e. The van der Waals surface area contributed by atoms with Crippen LogP contribution in [-0.4, -0.2) is 59.4 Å². The van der Waals surface area contributed by atoms with Crippen molar-refractivity contribution in [1.82, 2.24) is 14.9 Å². The number of nitrogens with zero attached hydrogens (tertiary/aromatic N) is 2. The standard InChI is InChI=1S/C18H22N4O4/c23-17(14-2-1-5-22(14)11-3-6-24-7-4-11)21-18-19-12-8-15-16(26-10-25-15)9-13(12)20-18/h8-9,11,14H,1-7,10H2,(H2,19,20,21,23). The highest BCUT2D eigenvalue weighted by Crippen LogP contribution is 2.35. The summed E-state index contributed by atoms with van der Waals surface area (Å²) in [6.45, 7) is 2.78. The molecule has 0 spiro atoms. The summed E-state index contributed by atoms with van der Waals surface area (Å²) in [5, 5.41) is 2.96. The molecule has 2 aromatic rings. The second-order valence-corrected chi connectivity index (χ2v) is 7.04. The number of likely N-dealkylation sites (tertiary alicyclic amines) is 1. The third kappa shape index (κ3) is 2.79. The minimum atomic E-state index is -0.0945. The number of rotatable bonds is 3. The highest BCUT2D eigenvalue weighted by Gasteiger charge is 2.36. The lowest BCUT2D eigenvalue weighted by molar-refractivity contribution is -0.121. The molecule has 0 bridgehead atoms. The Kier molecular flexibility index (Phi) is 3.94. The molecular formula is C18H22N4O4. The van der Waals surface area contributed by atoms with Crippen LogP contribution in [0.4, 0.5) is 5.95 Å². The van der Waals surface area contributed by atoms with E-state index in [1.165, 1.54) is 0 Å². The number of benzene rings is 1. The van der Waals surface area contributed by atoms with Crippen molar-refractivity contribution >= 4 is 22.9 Å². The lowest BCUT2D eigenvalue weighted by atomic mass is 10.1. The van der Waals surface area contributed by atoms with E-state index in [-0.39, 0.29) is 18.7 Å². The fourth-order valence-corrected chi connectivity index (χ4v) is 4.18. The van der Waals surface area contributed by atoms with Crippen molar-refractivity contribution in [2.24, 2.45) is 0 Å². The van der Waals surface area contributed by atoms with Gasteiger partial charge in [-0.2, -0.15) is 0 Å². The van der Waals surface area contributed by atoms with Crippen molar-refractivity contribution in [1.29, 1.82) is 0 Å². The van der Waals surface area contributed by atoms with E-state index in [9.17, 15) is 4.79 Å². The molecule has 8 heteroatoms. The normalized spacial score (nSPS) is 23.6. The average molecular weight is 358 g/mol. The second-order valence-electron chi connectivity index (χ2n) is 7.04. The summed E-state index contributed by atoms with van der Waals surface area (Å²) in [5.41, 5.74) is 1.56. The number of amides is 1. The monoisotopic (exact) mass is 358 g/mol. The first kappa shape index (κ1) is 15.9. The van der Waals surface area contributed by atoms with Crippen LogP contribution in [0.1, 0.15) is 25.7 Å². The molecule has 26 heavy (non-hydrogen) atoms. The van der Waals surface area contributed by atoms with Crippen LogP contribution >= 0.6 is 0 Å². The van der Waals surface area contributed by atoms with E-state index >= 15 is 0 Å². The molecule has 5 rings (SSSR count).